The van der Waals surface area contributed by atoms with E-state index in [1.54, 1.807) is 6.92 Å². The second-order valence-corrected chi connectivity index (χ2v) is 4.47. The van der Waals surface area contributed by atoms with Gasteiger partial charge in [0.25, 0.3) is 0 Å². The molecule has 1 unspecified atom stereocenters. The van der Waals surface area contributed by atoms with Gasteiger partial charge in [0.05, 0.1) is 0 Å². The predicted molar refractivity (Wildman–Crippen MR) is 51.4 cm³/mol. The molecule has 2 aliphatic heterocycles. The Morgan fingerprint density at radius 2 is 2.36 bits per heavy atom. The van der Waals surface area contributed by atoms with Gasteiger partial charge in [-0.15, -0.1) is 11.8 Å². The third-order valence-corrected chi connectivity index (χ3v) is 3.85. The Morgan fingerprint density at radius 1 is 1.71 bits per heavy atom. The number of amides is 1. The lowest BCUT2D eigenvalue weighted by Gasteiger charge is -2.47. The van der Waals surface area contributed by atoms with Crippen LogP contribution < -0.4 is 5.73 Å². The van der Waals surface area contributed by atoms with Crippen molar-refractivity contribution in [1.29, 1.82) is 0 Å². The van der Waals surface area contributed by atoms with Gasteiger partial charge >= 0.3 is 5.97 Å². The van der Waals surface area contributed by atoms with Gasteiger partial charge in [-0.3, -0.25) is 9.69 Å². The molecule has 2 aliphatic rings. The van der Waals surface area contributed by atoms with Crippen molar-refractivity contribution in [3.8, 4) is 0 Å². The minimum absolute atomic E-state index is 0.112. The molecule has 2 atom stereocenters. The number of nitrogens with two attached hydrogens (primary N) is 1. The van der Waals surface area contributed by atoms with E-state index in [1.165, 1.54) is 16.7 Å². The summed E-state index contributed by atoms with van der Waals surface area (Å²) in [7, 11) is 0. The molecule has 0 aromatic carbocycles. The van der Waals surface area contributed by atoms with Crippen LogP contribution >= 0.6 is 11.8 Å². The molecule has 2 heterocycles. The second-order valence-electron chi connectivity index (χ2n) is 3.37. The molecule has 2 rings (SSSR count). The zero-order valence-corrected chi connectivity index (χ0v) is 8.37. The molecule has 0 saturated carbocycles. The maximum Gasteiger partial charge on any atom is 0.352 e. The molecular formula is C8H10N2O3S. The SMILES string of the molecule is CC1=C(C(=O)O)N2C(=O)[C@@H](N)C2SC1. The Labute approximate surface area is 84.9 Å². The monoisotopic (exact) mass is 214 g/mol. The van der Waals surface area contributed by atoms with Crippen LogP contribution in [0.25, 0.3) is 0 Å². The van der Waals surface area contributed by atoms with Crippen molar-refractivity contribution >= 4 is 23.6 Å². The summed E-state index contributed by atoms with van der Waals surface area (Å²) in [5.74, 6) is -0.712. The second kappa shape index (κ2) is 2.99. The Kier molecular flexibility index (Phi) is 2.04. The third kappa shape index (κ3) is 1.07. The van der Waals surface area contributed by atoms with Crippen LogP contribution in [0.5, 0.6) is 0 Å². The molecule has 1 amide bonds. The number of carbonyl (C=O) groups is 2. The minimum atomic E-state index is -1.05. The fourth-order valence-electron chi connectivity index (χ4n) is 1.67. The molecule has 1 saturated heterocycles. The van der Waals surface area contributed by atoms with E-state index in [9.17, 15) is 9.59 Å². The van der Waals surface area contributed by atoms with E-state index in [1.807, 2.05) is 0 Å². The highest BCUT2D eigenvalue weighted by Gasteiger charge is 2.51. The number of aliphatic carboxylic acids is 1. The lowest BCUT2D eigenvalue weighted by molar-refractivity contribution is -0.147. The Balaban J connectivity index is 2.37. The van der Waals surface area contributed by atoms with Crippen LogP contribution in [0.15, 0.2) is 11.3 Å². The third-order valence-electron chi connectivity index (χ3n) is 2.40. The number of hydrogen-bond acceptors (Lipinski definition) is 4. The summed E-state index contributed by atoms with van der Waals surface area (Å²) < 4.78 is 0. The van der Waals surface area contributed by atoms with Crippen molar-refractivity contribution in [2.75, 3.05) is 5.75 Å². The van der Waals surface area contributed by atoms with Gasteiger partial charge in [0.15, 0.2) is 0 Å². The molecular weight excluding hydrogens is 204 g/mol. The van der Waals surface area contributed by atoms with E-state index in [4.69, 9.17) is 10.8 Å². The molecule has 76 valence electrons. The highest BCUT2D eigenvalue weighted by molar-refractivity contribution is 8.00. The molecule has 6 heteroatoms. The van der Waals surface area contributed by atoms with Crippen molar-refractivity contribution < 1.29 is 14.7 Å². The van der Waals surface area contributed by atoms with Crippen LogP contribution in [0, 0.1) is 0 Å². The summed E-state index contributed by atoms with van der Waals surface area (Å²) in [6, 6.07) is -0.539. The number of fused-ring (bicyclic) bond motifs is 1. The average molecular weight is 214 g/mol. The number of carboxylic acids is 1. The number of thioether (sulfide) groups is 1. The Morgan fingerprint density at radius 3 is 2.93 bits per heavy atom. The molecule has 1 fully saturated rings. The van der Waals surface area contributed by atoms with E-state index in [-0.39, 0.29) is 17.0 Å². The topological polar surface area (TPSA) is 83.6 Å². The highest BCUT2D eigenvalue weighted by Crippen LogP contribution is 2.38. The molecule has 5 nitrogen and oxygen atoms in total. The van der Waals surface area contributed by atoms with E-state index in [0.717, 1.165) is 5.57 Å². The first-order chi connectivity index (χ1) is 6.54. The molecule has 0 bridgehead atoms. The molecule has 3 N–H and O–H groups in total. The van der Waals surface area contributed by atoms with E-state index >= 15 is 0 Å². The fourth-order valence-corrected chi connectivity index (χ4v) is 2.91. The van der Waals surface area contributed by atoms with Gasteiger partial charge in [-0.25, -0.2) is 4.79 Å². The standard InChI is InChI=1S/C8H10N2O3S/c1-3-2-14-7-4(9)6(11)10(7)5(3)8(12)13/h4,7H,2,9H2,1H3,(H,12,13)/t4-,7?/m1/s1. The quantitative estimate of drug-likeness (QED) is 0.580. The fraction of sp³-hybridized carbons (Fsp3) is 0.500. The van der Waals surface area contributed by atoms with Crippen molar-refractivity contribution in [3.05, 3.63) is 11.3 Å². The number of nitrogens with zero attached hydrogens (tertiary/aromatic N) is 1. The molecule has 0 aromatic heterocycles. The maximum atomic E-state index is 11.3. The van der Waals surface area contributed by atoms with Crippen LogP contribution in [0.2, 0.25) is 0 Å². The lowest BCUT2D eigenvalue weighted by atomic mass is 10.0. The Hall–Kier alpha value is -1.01. The molecule has 0 aromatic rings. The summed E-state index contributed by atoms with van der Waals surface area (Å²) in [4.78, 5) is 23.5. The average Bonchev–Trinajstić information content (AvgIpc) is 2.15. The van der Waals surface area contributed by atoms with Crippen LogP contribution in [0.3, 0.4) is 0 Å². The minimum Gasteiger partial charge on any atom is -0.477 e. The van der Waals surface area contributed by atoms with Crippen molar-refractivity contribution in [1.82, 2.24) is 4.90 Å². The molecule has 14 heavy (non-hydrogen) atoms. The van der Waals surface area contributed by atoms with Gasteiger partial charge in [-0.2, -0.15) is 0 Å². The van der Waals surface area contributed by atoms with Crippen LogP contribution in [-0.4, -0.2) is 39.1 Å². The van der Waals surface area contributed by atoms with Gasteiger partial charge < -0.3 is 10.8 Å². The highest BCUT2D eigenvalue weighted by atomic mass is 32.2. The van der Waals surface area contributed by atoms with Gasteiger partial charge in [0.2, 0.25) is 5.91 Å². The van der Waals surface area contributed by atoms with Crippen molar-refractivity contribution in [3.63, 3.8) is 0 Å². The maximum absolute atomic E-state index is 11.3. The van der Waals surface area contributed by atoms with Gasteiger partial charge in [-0.1, -0.05) is 0 Å². The summed E-state index contributed by atoms with van der Waals surface area (Å²) in [6.45, 7) is 1.73. The zero-order chi connectivity index (χ0) is 10.5. The summed E-state index contributed by atoms with van der Waals surface area (Å²) in [6.07, 6.45) is 0. The van der Waals surface area contributed by atoms with E-state index < -0.39 is 12.0 Å². The van der Waals surface area contributed by atoms with E-state index in [2.05, 4.69) is 0 Å². The normalized spacial score (nSPS) is 31.3. The van der Waals surface area contributed by atoms with Crippen LogP contribution in [0.1, 0.15) is 6.92 Å². The smallest absolute Gasteiger partial charge is 0.352 e. The molecule has 0 spiro atoms. The first kappa shape index (κ1) is 9.54. The Bertz CT molecular complexity index is 352. The number of hydrogen-bond donors (Lipinski definition) is 2. The van der Waals surface area contributed by atoms with Gasteiger partial charge in [-0.05, 0) is 12.5 Å². The number of rotatable bonds is 1. The van der Waals surface area contributed by atoms with E-state index in [0.29, 0.717) is 5.75 Å². The first-order valence-corrected chi connectivity index (χ1v) is 5.22. The van der Waals surface area contributed by atoms with Crippen LogP contribution in [-0.2, 0) is 9.59 Å². The summed E-state index contributed by atoms with van der Waals surface area (Å²) in [5.41, 5.74) is 6.39. The largest absolute Gasteiger partial charge is 0.477 e. The molecule has 0 aliphatic carbocycles. The summed E-state index contributed by atoms with van der Waals surface area (Å²) in [5, 5.41) is 8.75. The van der Waals surface area contributed by atoms with Gasteiger partial charge in [0.1, 0.15) is 17.1 Å². The van der Waals surface area contributed by atoms with Crippen LogP contribution in [0.4, 0.5) is 0 Å². The zero-order valence-electron chi connectivity index (χ0n) is 7.56. The summed E-state index contributed by atoms with van der Waals surface area (Å²) >= 11 is 1.51. The van der Waals surface area contributed by atoms with Gasteiger partial charge in [0, 0.05) is 5.75 Å². The van der Waals surface area contributed by atoms with Crippen molar-refractivity contribution in [2.45, 2.75) is 18.3 Å². The predicted octanol–water partition coefficient (Wildman–Crippen LogP) is -0.413. The molecule has 0 radical (unpaired) electrons. The number of β-lactam (4-membered cyclic amide) rings is 1. The lowest BCUT2D eigenvalue weighted by Crippen LogP contribution is -2.68. The first-order valence-electron chi connectivity index (χ1n) is 4.17. The van der Waals surface area contributed by atoms with Crippen molar-refractivity contribution in [2.24, 2.45) is 5.73 Å². The number of carbonyl (C=O) groups excluding carboxylic acids is 1. The number of carboxylic acid groups (broad SMARTS) is 1.